The fraction of sp³-hybridized carbons (Fsp3) is 0.632. The van der Waals surface area contributed by atoms with Crippen LogP contribution in [0.25, 0.3) is 0 Å². The van der Waals surface area contributed by atoms with Crippen molar-refractivity contribution in [3.05, 3.63) is 17.8 Å². The van der Waals surface area contributed by atoms with E-state index in [9.17, 15) is 9.59 Å². The van der Waals surface area contributed by atoms with E-state index in [4.69, 9.17) is 18.8 Å². The van der Waals surface area contributed by atoms with Gasteiger partial charge >= 0.3 is 19.2 Å². The Hall–Kier alpha value is -2.13. The Labute approximate surface area is 166 Å². The van der Waals surface area contributed by atoms with Crippen LogP contribution in [0.2, 0.25) is 0 Å². The average molecular weight is 392 g/mol. The highest BCUT2D eigenvalue weighted by atomic mass is 16.7. The number of rotatable bonds is 4. The lowest BCUT2D eigenvalue weighted by Crippen LogP contribution is -2.41. The Morgan fingerprint density at radius 1 is 1.14 bits per heavy atom. The van der Waals surface area contributed by atoms with Crippen LogP contribution in [0.3, 0.4) is 0 Å². The molecular formula is C19H29BN2O6. The van der Waals surface area contributed by atoms with Crippen molar-refractivity contribution in [3.63, 3.8) is 0 Å². The minimum atomic E-state index is -0.785. The van der Waals surface area contributed by atoms with E-state index < -0.39 is 36.0 Å². The summed E-state index contributed by atoms with van der Waals surface area (Å²) in [5, 5.41) is 2.52. The first-order chi connectivity index (χ1) is 12.8. The van der Waals surface area contributed by atoms with Crippen molar-refractivity contribution in [1.29, 1.82) is 0 Å². The summed E-state index contributed by atoms with van der Waals surface area (Å²) in [6.07, 6.45) is -0.668. The number of carbonyl (C=O) groups excluding carboxylic acids is 2. The first-order valence-corrected chi connectivity index (χ1v) is 9.29. The molecule has 0 spiro atoms. The number of aromatic nitrogens is 1. The van der Waals surface area contributed by atoms with Gasteiger partial charge in [0.1, 0.15) is 11.4 Å². The summed E-state index contributed by atoms with van der Waals surface area (Å²) in [6, 6.07) is 3.20. The zero-order chi connectivity index (χ0) is 21.3. The highest BCUT2D eigenvalue weighted by Gasteiger charge is 2.52. The van der Waals surface area contributed by atoms with E-state index in [0.29, 0.717) is 5.46 Å². The predicted molar refractivity (Wildman–Crippen MR) is 106 cm³/mol. The molecule has 0 aliphatic carbocycles. The molecule has 1 aromatic heterocycles. The zero-order valence-electron chi connectivity index (χ0n) is 17.8. The summed E-state index contributed by atoms with van der Waals surface area (Å²) in [5.74, 6) is -0.461. The molecule has 154 valence electrons. The van der Waals surface area contributed by atoms with Gasteiger partial charge in [-0.2, -0.15) is 0 Å². The first kappa shape index (κ1) is 22.2. The Morgan fingerprint density at radius 2 is 1.71 bits per heavy atom. The van der Waals surface area contributed by atoms with Crippen molar-refractivity contribution < 1.29 is 28.4 Å². The SMILES string of the molecule is CCOC(=O)c1nc(NC(=O)OC(C)(C)C)ccc1B1OC(C)(C)C(C)(C)O1. The van der Waals surface area contributed by atoms with E-state index in [2.05, 4.69) is 10.3 Å². The fourth-order valence-electron chi connectivity index (χ4n) is 2.47. The molecule has 0 saturated carbocycles. The van der Waals surface area contributed by atoms with Crippen LogP contribution in [-0.4, -0.2) is 47.6 Å². The van der Waals surface area contributed by atoms with Crippen LogP contribution in [0.5, 0.6) is 0 Å². The average Bonchev–Trinajstić information content (AvgIpc) is 2.73. The summed E-state index contributed by atoms with van der Waals surface area (Å²) < 4.78 is 22.4. The summed E-state index contributed by atoms with van der Waals surface area (Å²) in [5.41, 5.74) is -1.34. The van der Waals surface area contributed by atoms with Crippen molar-refractivity contribution >= 4 is 30.5 Å². The normalized spacial score (nSPS) is 17.9. The molecule has 9 heteroatoms. The smallest absolute Gasteiger partial charge is 0.461 e. The molecular weight excluding hydrogens is 363 g/mol. The summed E-state index contributed by atoms with van der Waals surface area (Å²) >= 11 is 0. The second kappa shape index (κ2) is 7.71. The molecule has 1 N–H and O–H groups in total. The molecule has 1 aromatic rings. The van der Waals surface area contributed by atoms with Crippen LogP contribution in [-0.2, 0) is 18.8 Å². The maximum atomic E-state index is 12.5. The van der Waals surface area contributed by atoms with Crippen molar-refractivity contribution in [3.8, 4) is 0 Å². The van der Waals surface area contributed by atoms with E-state index >= 15 is 0 Å². The lowest BCUT2D eigenvalue weighted by atomic mass is 9.77. The van der Waals surface area contributed by atoms with Gasteiger partial charge in [-0.25, -0.2) is 14.6 Å². The molecule has 0 radical (unpaired) electrons. The number of nitrogens with one attached hydrogen (secondary N) is 1. The number of anilines is 1. The highest BCUT2D eigenvalue weighted by Crippen LogP contribution is 2.36. The molecule has 1 saturated heterocycles. The zero-order valence-corrected chi connectivity index (χ0v) is 17.8. The van der Waals surface area contributed by atoms with Crippen molar-refractivity contribution in [1.82, 2.24) is 4.98 Å². The second-order valence-electron chi connectivity index (χ2n) is 8.57. The standard InChI is InChI=1S/C19H29BN2O6/c1-9-25-15(23)14-12(20-27-18(5,6)19(7,8)28-20)10-11-13(21-14)22-16(24)26-17(2,3)4/h10-11H,9H2,1-8H3,(H,21,22,24). The van der Waals surface area contributed by atoms with Gasteiger partial charge in [-0.1, -0.05) is 6.07 Å². The van der Waals surface area contributed by atoms with Gasteiger partial charge in [0.05, 0.1) is 17.8 Å². The third kappa shape index (κ3) is 5.02. The quantitative estimate of drug-likeness (QED) is 0.622. The van der Waals surface area contributed by atoms with Crippen LogP contribution in [0.4, 0.5) is 10.6 Å². The van der Waals surface area contributed by atoms with Gasteiger partial charge in [-0.3, -0.25) is 5.32 Å². The molecule has 8 nitrogen and oxygen atoms in total. The van der Waals surface area contributed by atoms with Gasteiger partial charge < -0.3 is 18.8 Å². The Morgan fingerprint density at radius 3 is 2.21 bits per heavy atom. The number of hydrogen-bond donors (Lipinski definition) is 1. The summed E-state index contributed by atoms with van der Waals surface area (Å²) in [7, 11) is -0.785. The summed E-state index contributed by atoms with van der Waals surface area (Å²) in [6.45, 7) is 14.8. The minimum absolute atomic E-state index is 0.0221. The number of hydrogen-bond acceptors (Lipinski definition) is 7. The minimum Gasteiger partial charge on any atom is -0.461 e. The molecule has 2 heterocycles. The topological polar surface area (TPSA) is 96.0 Å². The van der Waals surface area contributed by atoms with E-state index in [1.54, 1.807) is 39.8 Å². The van der Waals surface area contributed by atoms with Gasteiger partial charge in [0.25, 0.3) is 0 Å². The van der Waals surface area contributed by atoms with Gasteiger partial charge in [0, 0.05) is 5.46 Å². The number of carbonyl (C=O) groups is 2. The third-order valence-corrected chi connectivity index (χ3v) is 4.53. The fourth-order valence-corrected chi connectivity index (χ4v) is 2.47. The van der Waals surface area contributed by atoms with Gasteiger partial charge in [0.15, 0.2) is 5.69 Å². The molecule has 0 aromatic carbocycles. The Balaban J connectivity index is 2.34. The lowest BCUT2D eigenvalue weighted by molar-refractivity contribution is 0.00578. The molecule has 2 rings (SSSR count). The summed E-state index contributed by atoms with van der Waals surface area (Å²) in [4.78, 5) is 28.7. The number of esters is 1. The Bertz CT molecular complexity index is 741. The number of ether oxygens (including phenoxy) is 2. The largest absolute Gasteiger partial charge is 0.497 e. The third-order valence-electron chi connectivity index (χ3n) is 4.53. The number of amides is 1. The van der Waals surface area contributed by atoms with Gasteiger partial charge in [0.2, 0.25) is 0 Å². The number of nitrogens with zero attached hydrogens (tertiary/aromatic N) is 1. The second-order valence-corrected chi connectivity index (χ2v) is 8.57. The predicted octanol–water partition coefficient (Wildman–Crippen LogP) is 2.90. The first-order valence-electron chi connectivity index (χ1n) is 9.29. The molecule has 28 heavy (non-hydrogen) atoms. The molecule has 0 bridgehead atoms. The molecule has 0 unspecified atom stereocenters. The van der Waals surface area contributed by atoms with Gasteiger partial charge in [-0.15, -0.1) is 0 Å². The van der Waals surface area contributed by atoms with E-state index in [1.165, 1.54) is 0 Å². The maximum absolute atomic E-state index is 12.5. The molecule has 1 amide bonds. The van der Waals surface area contributed by atoms with Crippen LogP contribution in [0.15, 0.2) is 12.1 Å². The van der Waals surface area contributed by atoms with Crippen LogP contribution < -0.4 is 10.8 Å². The Kier molecular flexibility index (Phi) is 6.11. The molecule has 1 aliphatic rings. The van der Waals surface area contributed by atoms with Crippen molar-refractivity contribution in [2.45, 2.75) is 72.2 Å². The maximum Gasteiger partial charge on any atom is 0.497 e. The van der Waals surface area contributed by atoms with Crippen molar-refractivity contribution in [2.24, 2.45) is 0 Å². The molecule has 1 aliphatic heterocycles. The highest BCUT2D eigenvalue weighted by molar-refractivity contribution is 6.63. The van der Waals surface area contributed by atoms with E-state index in [0.717, 1.165) is 0 Å². The van der Waals surface area contributed by atoms with E-state index in [-0.39, 0.29) is 18.1 Å². The van der Waals surface area contributed by atoms with Crippen LogP contribution >= 0.6 is 0 Å². The van der Waals surface area contributed by atoms with E-state index in [1.807, 2.05) is 27.7 Å². The molecule has 0 atom stereocenters. The van der Waals surface area contributed by atoms with Crippen molar-refractivity contribution in [2.75, 3.05) is 11.9 Å². The van der Waals surface area contributed by atoms with Crippen LogP contribution in [0, 0.1) is 0 Å². The number of pyridine rings is 1. The molecule has 1 fully saturated rings. The van der Waals surface area contributed by atoms with Gasteiger partial charge in [-0.05, 0) is 61.5 Å². The lowest BCUT2D eigenvalue weighted by Gasteiger charge is -2.32. The monoisotopic (exact) mass is 392 g/mol. The van der Waals surface area contributed by atoms with Crippen LogP contribution in [0.1, 0.15) is 65.9 Å².